The van der Waals surface area contributed by atoms with Crippen LogP contribution in [-0.4, -0.2) is 27.6 Å². The van der Waals surface area contributed by atoms with E-state index in [0.717, 1.165) is 12.1 Å². The lowest BCUT2D eigenvalue weighted by molar-refractivity contribution is -0.137. The number of benzene rings is 2. The Morgan fingerprint density at radius 3 is 2.65 bits per heavy atom. The molecule has 6 nitrogen and oxygen atoms in total. The van der Waals surface area contributed by atoms with Gasteiger partial charge in [0.1, 0.15) is 0 Å². The number of ether oxygens (including phenoxy) is 1. The second kappa shape index (κ2) is 7.92. The number of halogens is 4. The van der Waals surface area contributed by atoms with Gasteiger partial charge in [-0.25, -0.2) is 9.50 Å². The molecule has 0 aliphatic rings. The van der Waals surface area contributed by atoms with E-state index in [9.17, 15) is 18.0 Å². The number of hydrogen-bond donors (Lipinski definition) is 1. The number of carbonyl (C=O) groups is 1. The molecule has 4 aromatic rings. The Morgan fingerprint density at radius 1 is 1.13 bits per heavy atom. The maximum atomic E-state index is 13.2. The second-order valence-corrected chi connectivity index (χ2v) is 6.90. The summed E-state index contributed by atoms with van der Waals surface area (Å²) in [6.07, 6.45) is -3.00. The molecule has 0 bridgehead atoms. The van der Waals surface area contributed by atoms with Crippen molar-refractivity contribution in [2.75, 3.05) is 12.4 Å². The smallest absolute Gasteiger partial charge is 0.417 e. The van der Waals surface area contributed by atoms with Crippen LogP contribution in [-0.2, 0) is 6.18 Å². The lowest BCUT2D eigenvalue weighted by Crippen LogP contribution is -2.18. The Labute approximate surface area is 179 Å². The van der Waals surface area contributed by atoms with Crippen LogP contribution in [0, 0.1) is 0 Å². The molecule has 0 unspecified atom stereocenters. The third-order valence-corrected chi connectivity index (χ3v) is 4.82. The van der Waals surface area contributed by atoms with Crippen LogP contribution in [0.2, 0.25) is 5.02 Å². The fraction of sp³-hybridized carbons (Fsp3) is 0.0952. The average Bonchev–Trinajstić information content (AvgIpc) is 3.17. The van der Waals surface area contributed by atoms with Gasteiger partial charge in [0.25, 0.3) is 5.91 Å². The number of amides is 1. The maximum Gasteiger partial charge on any atom is 0.417 e. The van der Waals surface area contributed by atoms with Crippen LogP contribution in [0.5, 0.6) is 5.88 Å². The van der Waals surface area contributed by atoms with Crippen molar-refractivity contribution < 1.29 is 22.7 Å². The van der Waals surface area contributed by atoms with E-state index in [1.807, 2.05) is 0 Å². The molecule has 10 heteroatoms. The van der Waals surface area contributed by atoms with Crippen LogP contribution < -0.4 is 10.1 Å². The number of methoxy groups -OCH3 is 1. The molecule has 0 saturated carbocycles. The van der Waals surface area contributed by atoms with E-state index < -0.39 is 23.2 Å². The number of fused-ring (bicyclic) bond motifs is 1. The molecule has 2 aromatic heterocycles. The molecule has 0 saturated heterocycles. The van der Waals surface area contributed by atoms with Gasteiger partial charge in [-0.3, -0.25) is 4.79 Å². The molecule has 4 rings (SSSR count). The van der Waals surface area contributed by atoms with Gasteiger partial charge in [-0.05, 0) is 30.3 Å². The Bertz CT molecular complexity index is 1290. The zero-order valence-corrected chi connectivity index (χ0v) is 16.7. The monoisotopic (exact) mass is 446 g/mol. The number of aromatic nitrogens is 3. The van der Waals surface area contributed by atoms with Crippen molar-refractivity contribution in [3.63, 3.8) is 0 Å². The number of nitrogens with zero attached hydrogens (tertiary/aromatic N) is 3. The van der Waals surface area contributed by atoms with Crippen LogP contribution in [0.3, 0.4) is 0 Å². The van der Waals surface area contributed by atoms with Gasteiger partial charge in [-0.2, -0.15) is 13.2 Å². The van der Waals surface area contributed by atoms with Gasteiger partial charge in [0, 0.05) is 11.6 Å². The predicted octanol–water partition coefficient (Wildman–Crippen LogP) is 5.33. The number of anilines is 1. The van der Waals surface area contributed by atoms with Crippen molar-refractivity contribution >= 4 is 28.8 Å². The molecule has 2 aromatic carbocycles. The first-order valence-electron chi connectivity index (χ1n) is 8.94. The first kappa shape index (κ1) is 20.7. The summed E-state index contributed by atoms with van der Waals surface area (Å²) >= 11 is 6.17. The molecule has 2 heterocycles. The van der Waals surface area contributed by atoms with Crippen LogP contribution >= 0.6 is 11.6 Å². The fourth-order valence-electron chi connectivity index (χ4n) is 3.01. The molecule has 0 aliphatic heterocycles. The minimum absolute atomic E-state index is 0.156. The number of imidazole rings is 1. The van der Waals surface area contributed by atoms with E-state index in [2.05, 4.69) is 15.4 Å². The number of alkyl halides is 3. The highest BCUT2D eigenvalue weighted by Gasteiger charge is 2.34. The highest BCUT2D eigenvalue weighted by atomic mass is 35.5. The summed E-state index contributed by atoms with van der Waals surface area (Å²) in [4.78, 5) is 17.0. The lowest BCUT2D eigenvalue weighted by Gasteiger charge is -2.13. The molecular weight excluding hydrogens is 433 g/mol. The Kier molecular flexibility index (Phi) is 5.28. The van der Waals surface area contributed by atoms with Gasteiger partial charge in [0.15, 0.2) is 5.65 Å². The van der Waals surface area contributed by atoms with Crippen molar-refractivity contribution in [1.29, 1.82) is 0 Å². The van der Waals surface area contributed by atoms with Crippen molar-refractivity contribution in [3.05, 3.63) is 76.9 Å². The third kappa shape index (κ3) is 4.17. The molecular formula is C21H14ClF3N4O2. The van der Waals surface area contributed by atoms with Gasteiger partial charge in [0.05, 0.1) is 40.8 Å². The van der Waals surface area contributed by atoms with Crippen LogP contribution in [0.15, 0.2) is 60.8 Å². The van der Waals surface area contributed by atoms with E-state index >= 15 is 0 Å². The molecule has 0 fully saturated rings. The number of hydrogen-bond acceptors (Lipinski definition) is 4. The van der Waals surface area contributed by atoms with Crippen molar-refractivity contribution in [2.24, 2.45) is 0 Å². The van der Waals surface area contributed by atoms with Crippen molar-refractivity contribution in [2.45, 2.75) is 6.18 Å². The highest BCUT2D eigenvalue weighted by molar-refractivity contribution is 6.34. The standard InChI is InChI=1S/C21H14ClF3N4O2/c1-31-19-9-8-18-26-17(11-29(18)28-19)12-6-7-15(22)16(10-12)27-20(30)13-4-2-3-5-14(13)21(23,24)25/h2-11H,1H3,(H,27,30). The summed E-state index contributed by atoms with van der Waals surface area (Å²) in [5.41, 5.74) is 0.316. The molecule has 1 amide bonds. The second-order valence-electron chi connectivity index (χ2n) is 6.50. The summed E-state index contributed by atoms with van der Waals surface area (Å²) in [5, 5.41) is 6.86. The molecule has 0 radical (unpaired) electrons. The van der Waals surface area contributed by atoms with E-state index in [1.165, 1.54) is 35.9 Å². The summed E-state index contributed by atoms with van der Waals surface area (Å²) in [6, 6.07) is 12.7. The summed E-state index contributed by atoms with van der Waals surface area (Å²) < 4.78 is 46.3. The molecule has 0 spiro atoms. The van der Waals surface area contributed by atoms with Crippen molar-refractivity contribution in [1.82, 2.24) is 14.6 Å². The van der Waals surface area contributed by atoms with Gasteiger partial charge < -0.3 is 10.1 Å². The Balaban J connectivity index is 1.67. The molecule has 31 heavy (non-hydrogen) atoms. The molecule has 0 aliphatic carbocycles. The molecule has 0 atom stereocenters. The largest absolute Gasteiger partial charge is 0.480 e. The van der Waals surface area contributed by atoms with E-state index in [0.29, 0.717) is 22.8 Å². The highest BCUT2D eigenvalue weighted by Crippen LogP contribution is 2.33. The van der Waals surface area contributed by atoms with E-state index in [1.54, 1.807) is 24.4 Å². The van der Waals surface area contributed by atoms with Crippen LogP contribution in [0.4, 0.5) is 18.9 Å². The predicted molar refractivity (Wildman–Crippen MR) is 109 cm³/mol. The van der Waals surface area contributed by atoms with Gasteiger partial charge in [-0.1, -0.05) is 29.8 Å². The fourth-order valence-corrected chi connectivity index (χ4v) is 3.18. The number of carbonyl (C=O) groups excluding carboxylic acids is 1. The quantitative estimate of drug-likeness (QED) is 0.460. The molecule has 158 valence electrons. The maximum absolute atomic E-state index is 13.2. The summed E-state index contributed by atoms with van der Waals surface area (Å²) in [7, 11) is 1.50. The minimum Gasteiger partial charge on any atom is -0.480 e. The van der Waals surface area contributed by atoms with E-state index in [-0.39, 0.29) is 10.7 Å². The van der Waals surface area contributed by atoms with Crippen LogP contribution in [0.25, 0.3) is 16.9 Å². The minimum atomic E-state index is -4.66. The Hall–Kier alpha value is -3.59. The van der Waals surface area contributed by atoms with Crippen molar-refractivity contribution in [3.8, 4) is 17.1 Å². The molecule has 1 N–H and O–H groups in total. The van der Waals surface area contributed by atoms with Gasteiger partial charge in [-0.15, -0.1) is 5.10 Å². The SMILES string of the molecule is COc1ccc2nc(-c3ccc(Cl)c(NC(=O)c4ccccc4C(F)(F)F)c3)cn2n1. The third-order valence-electron chi connectivity index (χ3n) is 4.49. The normalized spacial score (nSPS) is 11.5. The van der Waals surface area contributed by atoms with E-state index in [4.69, 9.17) is 16.3 Å². The first-order valence-corrected chi connectivity index (χ1v) is 9.32. The summed E-state index contributed by atoms with van der Waals surface area (Å²) in [6.45, 7) is 0. The first-order chi connectivity index (χ1) is 14.8. The van der Waals surface area contributed by atoms with Crippen LogP contribution in [0.1, 0.15) is 15.9 Å². The van der Waals surface area contributed by atoms with Gasteiger partial charge in [0.2, 0.25) is 5.88 Å². The zero-order valence-electron chi connectivity index (χ0n) is 15.9. The Morgan fingerprint density at radius 2 is 1.90 bits per heavy atom. The lowest BCUT2D eigenvalue weighted by atomic mass is 10.1. The van der Waals surface area contributed by atoms with Gasteiger partial charge >= 0.3 is 6.18 Å². The number of nitrogens with one attached hydrogen (secondary N) is 1. The number of rotatable bonds is 4. The average molecular weight is 447 g/mol. The topological polar surface area (TPSA) is 68.5 Å². The zero-order chi connectivity index (χ0) is 22.2. The summed E-state index contributed by atoms with van der Waals surface area (Å²) in [5.74, 6) is -0.516.